The Bertz CT molecular complexity index is 459. The zero-order valence-corrected chi connectivity index (χ0v) is 11.7. The van der Waals surface area contributed by atoms with Crippen LogP contribution < -0.4 is 5.32 Å². The van der Waals surface area contributed by atoms with Gasteiger partial charge < -0.3 is 5.32 Å². The van der Waals surface area contributed by atoms with Crippen LogP contribution >= 0.6 is 11.6 Å². The number of hydrogen-bond acceptors (Lipinski definition) is 3. The smallest absolute Gasteiger partial charge is 0.151 e. The summed E-state index contributed by atoms with van der Waals surface area (Å²) >= 11 is 5.89. The van der Waals surface area contributed by atoms with E-state index in [-0.39, 0.29) is 17.5 Å². The summed E-state index contributed by atoms with van der Waals surface area (Å²) < 4.78 is 22.6. The van der Waals surface area contributed by atoms with Crippen molar-refractivity contribution < 1.29 is 8.42 Å². The minimum Gasteiger partial charge on any atom is -0.309 e. The van der Waals surface area contributed by atoms with Gasteiger partial charge in [0.25, 0.3) is 0 Å². The van der Waals surface area contributed by atoms with Gasteiger partial charge >= 0.3 is 0 Å². The van der Waals surface area contributed by atoms with E-state index in [0.29, 0.717) is 11.6 Å². The van der Waals surface area contributed by atoms with Crippen molar-refractivity contribution in [2.24, 2.45) is 0 Å². The minimum atomic E-state index is -2.89. The van der Waals surface area contributed by atoms with Crippen molar-refractivity contribution in [2.75, 3.05) is 18.1 Å². The Morgan fingerprint density at radius 2 is 2.12 bits per heavy atom. The summed E-state index contributed by atoms with van der Waals surface area (Å²) in [5, 5.41) is 3.87. The predicted molar refractivity (Wildman–Crippen MR) is 72.2 cm³/mol. The van der Waals surface area contributed by atoms with Crippen molar-refractivity contribution >= 4 is 21.4 Å². The normalized spacial score (nSPS) is 13.6. The summed E-state index contributed by atoms with van der Waals surface area (Å²) in [7, 11) is -2.89. The SMILES string of the molecule is CCS(=O)(=O)CCN[C@H](C)c1cccc(Cl)c1. The van der Waals surface area contributed by atoms with Gasteiger partial charge in [-0.2, -0.15) is 0 Å². The lowest BCUT2D eigenvalue weighted by atomic mass is 10.1. The molecule has 0 saturated heterocycles. The second-order valence-electron chi connectivity index (χ2n) is 3.97. The van der Waals surface area contributed by atoms with Gasteiger partial charge in [-0.1, -0.05) is 30.7 Å². The highest BCUT2D eigenvalue weighted by Crippen LogP contribution is 2.16. The Morgan fingerprint density at radius 3 is 2.71 bits per heavy atom. The van der Waals surface area contributed by atoms with E-state index in [2.05, 4.69) is 5.32 Å². The molecule has 96 valence electrons. The minimum absolute atomic E-state index is 0.0979. The van der Waals surface area contributed by atoms with Gasteiger partial charge in [0.1, 0.15) is 0 Å². The molecule has 0 radical (unpaired) electrons. The van der Waals surface area contributed by atoms with Gasteiger partial charge in [-0.15, -0.1) is 0 Å². The number of halogens is 1. The van der Waals surface area contributed by atoms with Crippen LogP contribution in [0.2, 0.25) is 5.02 Å². The van der Waals surface area contributed by atoms with Crippen LogP contribution in [0.3, 0.4) is 0 Å². The third-order valence-corrected chi connectivity index (χ3v) is 4.59. The van der Waals surface area contributed by atoms with Crippen molar-refractivity contribution in [3.63, 3.8) is 0 Å². The maximum atomic E-state index is 11.3. The molecule has 1 aromatic rings. The first-order chi connectivity index (χ1) is 7.94. The number of rotatable bonds is 6. The first-order valence-corrected chi connectivity index (χ1v) is 7.84. The molecule has 0 aromatic heterocycles. The van der Waals surface area contributed by atoms with E-state index in [1.54, 1.807) is 6.92 Å². The molecule has 0 bridgehead atoms. The molecule has 0 spiro atoms. The maximum Gasteiger partial charge on any atom is 0.151 e. The van der Waals surface area contributed by atoms with Gasteiger partial charge in [0, 0.05) is 23.4 Å². The number of sulfone groups is 1. The van der Waals surface area contributed by atoms with Crippen LogP contribution in [0.25, 0.3) is 0 Å². The van der Waals surface area contributed by atoms with Crippen LogP contribution in [0.4, 0.5) is 0 Å². The topological polar surface area (TPSA) is 46.2 Å². The average Bonchev–Trinajstić information content (AvgIpc) is 2.28. The van der Waals surface area contributed by atoms with Gasteiger partial charge in [-0.3, -0.25) is 0 Å². The van der Waals surface area contributed by atoms with Crippen LogP contribution in [0, 0.1) is 0 Å². The van der Waals surface area contributed by atoms with E-state index < -0.39 is 9.84 Å². The fourth-order valence-corrected chi connectivity index (χ4v) is 2.39. The van der Waals surface area contributed by atoms with Crippen molar-refractivity contribution in [3.8, 4) is 0 Å². The van der Waals surface area contributed by atoms with Crippen molar-refractivity contribution in [1.82, 2.24) is 5.32 Å². The molecular weight excluding hydrogens is 258 g/mol. The van der Waals surface area contributed by atoms with Crippen LogP contribution in [0.5, 0.6) is 0 Å². The first kappa shape index (κ1) is 14.5. The zero-order chi connectivity index (χ0) is 12.9. The van der Waals surface area contributed by atoms with Gasteiger partial charge in [-0.05, 0) is 24.6 Å². The molecule has 0 heterocycles. The van der Waals surface area contributed by atoms with E-state index in [0.717, 1.165) is 5.56 Å². The lowest BCUT2D eigenvalue weighted by molar-refractivity contribution is 0.573. The predicted octanol–water partition coefficient (Wildman–Crippen LogP) is 2.43. The molecule has 0 aliphatic heterocycles. The Hall–Kier alpha value is -0.580. The van der Waals surface area contributed by atoms with Crippen molar-refractivity contribution in [3.05, 3.63) is 34.9 Å². The van der Waals surface area contributed by atoms with E-state index in [1.165, 1.54) is 0 Å². The van der Waals surface area contributed by atoms with E-state index >= 15 is 0 Å². The fraction of sp³-hybridized carbons (Fsp3) is 0.500. The molecule has 0 amide bonds. The standard InChI is InChI=1S/C12H18ClNO2S/c1-3-17(15,16)8-7-14-10(2)11-5-4-6-12(13)9-11/h4-6,9-10,14H,3,7-8H2,1-2H3/t10-/m1/s1. The second-order valence-corrected chi connectivity index (χ2v) is 6.88. The Morgan fingerprint density at radius 1 is 1.41 bits per heavy atom. The zero-order valence-electron chi connectivity index (χ0n) is 10.1. The fourth-order valence-electron chi connectivity index (χ4n) is 1.47. The molecule has 0 fully saturated rings. The molecule has 0 aliphatic carbocycles. The molecule has 1 aromatic carbocycles. The van der Waals surface area contributed by atoms with E-state index in [9.17, 15) is 8.42 Å². The summed E-state index contributed by atoms with van der Waals surface area (Å²) in [6.45, 7) is 4.11. The molecule has 17 heavy (non-hydrogen) atoms. The van der Waals surface area contributed by atoms with Crippen molar-refractivity contribution in [1.29, 1.82) is 0 Å². The lowest BCUT2D eigenvalue weighted by Crippen LogP contribution is -2.26. The maximum absolute atomic E-state index is 11.3. The summed E-state index contributed by atoms with van der Waals surface area (Å²) in [5.41, 5.74) is 1.06. The quantitative estimate of drug-likeness (QED) is 0.867. The van der Waals surface area contributed by atoms with Crippen LogP contribution in [-0.4, -0.2) is 26.5 Å². The van der Waals surface area contributed by atoms with Gasteiger partial charge in [-0.25, -0.2) is 8.42 Å². The molecule has 1 rings (SSSR count). The van der Waals surface area contributed by atoms with Crippen LogP contribution in [0.15, 0.2) is 24.3 Å². The highest BCUT2D eigenvalue weighted by Gasteiger charge is 2.09. The summed E-state index contributed by atoms with van der Waals surface area (Å²) in [5.74, 6) is 0.370. The summed E-state index contributed by atoms with van der Waals surface area (Å²) in [6.07, 6.45) is 0. The Kier molecular flexibility index (Phi) is 5.43. The lowest BCUT2D eigenvalue weighted by Gasteiger charge is -2.14. The number of benzene rings is 1. The molecule has 0 unspecified atom stereocenters. The van der Waals surface area contributed by atoms with E-state index in [4.69, 9.17) is 11.6 Å². The Balaban J connectivity index is 2.48. The summed E-state index contributed by atoms with van der Waals surface area (Å²) in [6, 6.07) is 7.66. The average molecular weight is 276 g/mol. The molecule has 0 aliphatic rings. The van der Waals surface area contributed by atoms with E-state index in [1.807, 2.05) is 31.2 Å². The third kappa shape index (κ3) is 5.06. The molecule has 3 nitrogen and oxygen atoms in total. The highest BCUT2D eigenvalue weighted by molar-refractivity contribution is 7.91. The molecule has 1 atom stereocenters. The van der Waals surface area contributed by atoms with Crippen LogP contribution in [0.1, 0.15) is 25.5 Å². The number of hydrogen-bond donors (Lipinski definition) is 1. The van der Waals surface area contributed by atoms with Gasteiger partial charge in [0.2, 0.25) is 0 Å². The first-order valence-electron chi connectivity index (χ1n) is 5.64. The summed E-state index contributed by atoms with van der Waals surface area (Å²) in [4.78, 5) is 0. The Labute approximate surface area is 108 Å². The largest absolute Gasteiger partial charge is 0.309 e. The van der Waals surface area contributed by atoms with Crippen molar-refractivity contribution in [2.45, 2.75) is 19.9 Å². The molecule has 0 saturated carbocycles. The van der Waals surface area contributed by atoms with Gasteiger partial charge in [0.15, 0.2) is 9.84 Å². The third-order valence-electron chi connectivity index (χ3n) is 2.65. The monoisotopic (exact) mass is 275 g/mol. The molecular formula is C12H18ClNO2S. The highest BCUT2D eigenvalue weighted by atomic mass is 35.5. The second kappa shape index (κ2) is 6.38. The molecule has 5 heteroatoms. The van der Waals surface area contributed by atoms with Gasteiger partial charge in [0.05, 0.1) is 5.75 Å². The molecule has 1 N–H and O–H groups in total. The number of nitrogens with one attached hydrogen (secondary N) is 1. The van der Waals surface area contributed by atoms with Crippen LogP contribution in [-0.2, 0) is 9.84 Å².